The Kier molecular flexibility index (Phi) is 3.49. The maximum atomic E-state index is 9.28. The molecule has 2 rings (SSSR count). The molecule has 19 heavy (non-hydrogen) atoms. The van der Waals surface area contributed by atoms with E-state index >= 15 is 0 Å². The second kappa shape index (κ2) is 4.94. The molecule has 0 spiro atoms. The summed E-state index contributed by atoms with van der Waals surface area (Å²) in [5.74, 6) is 0.505. The summed E-state index contributed by atoms with van der Waals surface area (Å²) in [7, 11) is 0. The van der Waals surface area contributed by atoms with Crippen molar-refractivity contribution < 1.29 is 0 Å². The molecule has 0 amide bonds. The lowest BCUT2D eigenvalue weighted by molar-refractivity contribution is 0.598. The van der Waals surface area contributed by atoms with Crippen LogP contribution in [0.4, 0.5) is 5.82 Å². The number of anilines is 1. The van der Waals surface area contributed by atoms with E-state index in [9.17, 15) is 5.26 Å². The summed E-state index contributed by atoms with van der Waals surface area (Å²) in [6.07, 6.45) is 1.76. The van der Waals surface area contributed by atoms with Gasteiger partial charge in [-0.3, -0.25) is 0 Å². The van der Waals surface area contributed by atoms with Crippen molar-refractivity contribution >= 4 is 17.2 Å². The third-order valence-electron chi connectivity index (χ3n) is 2.96. The molecule has 0 unspecified atom stereocenters. The summed E-state index contributed by atoms with van der Waals surface area (Å²) in [6.45, 7) is 7.73. The molecule has 0 bridgehead atoms. The Bertz CT molecular complexity index is 625. The first kappa shape index (κ1) is 13.4. The lowest BCUT2D eigenvalue weighted by atomic mass is 10.1. The quantitative estimate of drug-likeness (QED) is 0.930. The van der Waals surface area contributed by atoms with E-state index in [4.69, 9.17) is 0 Å². The van der Waals surface area contributed by atoms with Crippen molar-refractivity contribution in [3.63, 3.8) is 0 Å². The van der Waals surface area contributed by atoms with Gasteiger partial charge in [0.05, 0.1) is 11.2 Å². The minimum absolute atomic E-state index is 0.393. The van der Waals surface area contributed by atoms with Gasteiger partial charge in [0.15, 0.2) is 5.82 Å². The number of hydrogen-bond acceptors (Lipinski definition) is 6. The van der Waals surface area contributed by atoms with Crippen LogP contribution in [0.15, 0.2) is 11.6 Å². The van der Waals surface area contributed by atoms with E-state index in [0.29, 0.717) is 11.4 Å². The van der Waals surface area contributed by atoms with Gasteiger partial charge in [0, 0.05) is 11.6 Å². The Morgan fingerprint density at radius 2 is 2.05 bits per heavy atom. The van der Waals surface area contributed by atoms with Crippen LogP contribution in [0.3, 0.4) is 0 Å². The highest BCUT2D eigenvalue weighted by atomic mass is 32.1. The standard InChI is InChI=1S/C13H15N5S/c1-8-9(2)17-18-11(10(8)7-14)16-13(3,4)12-15-5-6-19-12/h5-6H,1-4H3,(H,16,18). The van der Waals surface area contributed by atoms with Crippen LogP contribution in [0.5, 0.6) is 0 Å². The van der Waals surface area contributed by atoms with Crippen molar-refractivity contribution in [3.05, 3.63) is 33.4 Å². The molecule has 0 aliphatic rings. The van der Waals surface area contributed by atoms with Gasteiger partial charge in [-0.15, -0.1) is 16.4 Å². The molecule has 0 aliphatic carbocycles. The Morgan fingerprint density at radius 3 is 2.63 bits per heavy atom. The fraction of sp³-hybridized carbons (Fsp3) is 0.385. The van der Waals surface area contributed by atoms with Crippen molar-refractivity contribution in [2.75, 3.05) is 5.32 Å². The van der Waals surface area contributed by atoms with E-state index in [0.717, 1.165) is 16.3 Å². The highest BCUT2D eigenvalue weighted by Crippen LogP contribution is 2.28. The zero-order chi connectivity index (χ0) is 14.0. The molecule has 0 atom stereocenters. The fourth-order valence-corrected chi connectivity index (χ4v) is 2.43. The lowest BCUT2D eigenvalue weighted by Gasteiger charge is -2.25. The summed E-state index contributed by atoms with van der Waals surface area (Å²) >= 11 is 1.57. The number of aryl methyl sites for hydroxylation is 1. The van der Waals surface area contributed by atoms with Gasteiger partial charge in [0.2, 0.25) is 0 Å². The number of rotatable bonds is 3. The highest BCUT2D eigenvalue weighted by molar-refractivity contribution is 7.09. The van der Waals surface area contributed by atoms with Crippen LogP contribution in [0.25, 0.3) is 0 Å². The van der Waals surface area contributed by atoms with Crippen LogP contribution >= 0.6 is 11.3 Å². The van der Waals surface area contributed by atoms with Crippen LogP contribution in [0.2, 0.25) is 0 Å². The van der Waals surface area contributed by atoms with Crippen molar-refractivity contribution in [2.24, 2.45) is 0 Å². The number of nitrogens with one attached hydrogen (secondary N) is 1. The molecule has 98 valence electrons. The predicted molar refractivity (Wildman–Crippen MR) is 75.0 cm³/mol. The molecule has 1 N–H and O–H groups in total. The van der Waals surface area contributed by atoms with Gasteiger partial charge in [-0.2, -0.15) is 10.4 Å². The first-order valence-electron chi connectivity index (χ1n) is 5.88. The first-order chi connectivity index (χ1) is 8.95. The average Bonchev–Trinajstić information content (AvgIpc) is 2.88. The zero-order valence-electron chi connectivity index (χ0n) is 11.4. The van der Waals surface area contributed by atoms with Crippen LogP contribution in [-0.2, 0) is 5.54 Å². The molecule has 0 saturated carbocycles. The molecule has 0 radical (unpaired) electrons. The topological polar surface area (TPSA) is 74.5 Å². The molecular formula is C13H15N5S. The molecule has 0 aliphatic heterocycles. The Hall–Kier alpha value is -2.00. The second-order valence-corrected chi connectivity index (χ2v) is 5.73. The predicted octanol–water partition coefficient (Wildman–Crippen LogP) is 2.77. The summed E-state index contributed by atoms with van der Waals surface area (Å²) in [6, 6.07) is 2.19. The zero-order valence-corrected chi connectivity index (χ0v) is 12.2. The SMILES string of the molecule is Cc1nnc(NC(C)(C)c2nccs2)c(C#N)c1C. The van der Waals surface area contributed by atoms with Gasteiger partial charge < -0.3 is 5.32 Å². The minimum Gasteiger partial charge on any atom is -0.356 e. The molecule has 0 saturated heterocycles. The largest absolute Gasteiger partial charge is 0.356 e. The van der Waals surface area contributed by atoms with Gasteiger partial charge in [-0.05, 0) is 33.3 Å². The van der Waals surface area contributed by atoms with E-state index in [1.165, 1.54) is 0 Å². The molecule has 2 aromatic rings. The fourth-order valence-electron chi connectivity index (χ4n) is 1.71. The molecule has 5 nitrogen and oxygen atoms in total. The van der Waals surface area contributed by atoms with Gasteiger partial charge in [-0.1, -0.05) is 0 Å². The van der Waals surface area contributed by atoms with Crippen molar-refractivity contribution in [1.82, 2.24) is 15.2 Å². The summed E-state index contributed by atoms with van der Waals surface area (Å²) < 4.78 is 0. The summed E-state index contributed by atoms with van der Waals surface area (Å²) in [4.78, 5) is 4.30. The Labute approximate surface area is 116 Å². The summed E-state index contributed by atoms with van der Waals surface area (Å²) in [5.41, 5.74) is 1.78. The number of thiazole rings is 1. The molecule has 0 fully saturated rings. The molecule has 6 heteroatoms. The smallest absolute Gasteiger partial charge is 0.167 e. The summed E-state index contributed by atoms with van der Waals surface area (Å²) in [5, 5.41) is 23.6. The Morgan fingerprint density at radius 1 is 1.32 bits per heavy atom. The van der Waals surface area contributed by atoms with E-state index in [-0.39, 0.29) is 0 Å². The van der Waals surface area contributed by atoms with Crippen molar-refractivity contribution in [2.45, 2.75) is 33.2 Å². The van der Waals surface area contributed by atoms with Crippen LogP contribution in [0.1, 0.15) is 35.7 Å². The van der Waals surface area contributed by atoms with Gasteiger partial charge >= 0.3 is 0 Å². The van der Waals surface area contributed by atoms with E-state index < -0.39 is 5.54 Å². The number of nitrogens with zero attached hydrogens (tertiary/aromatic N) is 4. The number of hydrogen-bond donors (Lipinski definition) is 1. The van der Waals surface area contributed by atoms with Crippen molar-refractivity contribution in [3.8, 4) is 6.07 Å². The third-order valence-corrected chi connectivity index (χ3v) is 4.06. The van der Waals surface area contributed by atoms with Crippen LogP contribution in [0, 0.1) is 25.2 Å². The third kappa shape index (κ3) is 2.56. The maximum Gasteiger partial charge on any atom is 0.167 e. The van der Waals surface area contributed by atoms with Gasteiger partial charge in [0.25, 0.3) is 0 Å². The average molecular weight is 273 g/mol. The number of nitriles is 1. The normalized spacial score (nSPS) is 11.1. The molecule has 0 aromatic carbocycles. The van der Waals surface area contributed by atoms with E-state index in [2.05, 4.69) is 26.6 Å². The van der Waals surface area contributed by atoms with Crippen molar-refractivity contribution in [1.29, 1.82) is 5.26 Å². The number of aromatic nitrogens is 3. The van der Waals surface area contributed by atoms with E-state index in [1.54, 1.807) is 17.5 Å². The molecule has 2 heterocycles. The second-order valence-electron chi connectivity index (χ2n) is 4.83. The monoisotopic (exact) mass is 273 g/mol. The van der Waals surface area contributed by atoms with Gasteiger partial charge in [-0.25, -0.2) is 4.98 Å². The van der Waals surface area contributed by atoms with Gasteiger partial charge in [0.1, 0.15) is 16.6 Å². The first-order valence-corrected chi connectivity index (χ1v) is 6.76. The minimum atomic E-state index is -0.393. The Balaban J connectivity index is 2.40. The lowest BCUT2D eigenvalue weighted by Crippen LogP contribution is -2.29. The van der Waals surface area contributed by atoms with Crippen LogP contribution < -0.4 is 5.32 Å². The maximum absolute atomic E-state index is 9.28. The highest BCUT2D eigenvalue weighted by Gasteiger charge is 2.25. The molecular weight excluding hydrogens is 258 g/mol. The van der Waals surface area contributed by atoms with Crippen LogP contribution in [-0.4, -0.2) is 15.2 Å². The van der Waals surface area contributed by atoms with E-state index in [1.807, 2.05) is 33.1 Å². The molecule has 2 aromatic heterocycles.